The van der Waals surface area contributed by atoms with Crippen molar-refractivity contribution in [2.24, 2.45) is 0 Å². The highest BCUT2D eigenvalue weighted by Gasteiger charge is 2.37. The predicted octanol–water partition coefficient (Wildman–Crippen LogP) is 2.01. The average molecular weight is 456 g/mol. The summed E-state index contributed by atoms with van der Waals surface area (Å²) in [6.45, 7) is 4.31. The molecule has 176 valence electrons. The summed E-state index contributed by atoms with van der Waals surface area (Å²) in [6.07, 6.45) is -0.649. The molecular weight excluding hydrogens is 426 g/mol. The van der Waals surface area contributed by atoms with Crippen LogP contribution in [-0.4, -0.2) is 46.6 Å². The number of benzene rings is 2. The Labute approximate surface area is 192 Å². The summed E-state index contributed by atoms with van der Waals surface area (Å²) < 4.78 is 5.27. The molecule has 0 fully saturated rings. The van der Waals surface area contributed by atoms with E-state index in [1.807, 2.05) is 60.7 Å². The zero-order chi connectivity index (χ0) is 24.4. The van der Waals surface area contributed by atoms with Crippen molar-refractivity contribution in [3.05, 3.63) is 71.8 Å². The van der Waals surface area contributed by atoms with Crippen LogP contribution in [0.25, 0.3) is 0 Å². The van der Waals surface area contributed by atoms with Crippen molar-refractivity contribution in [1.29, 1.82) is 0 Å². The summed E-state index contributed by atoms with van der Waals surface area (Å²) in [7, 11) is 0. The van der Waals surface area contributed by atoms with Gasteiger partial charge in [0.25, 0.3) is 0 Å². The standard InChI is InChI=1S/C24H29N3O6/c1-16(20(28)25-17(2)21(29)30)26-22(31)24(3,14-18-10-6-4-7-11-18)27-23(32)33-15-19-12-8-5-9-13-19/h4-13,16-17H,14-15H2,1-3H3,(H,25,28)(H,26,31)(H,27,32)(H,29,30)/t16-,17-,24-/m0/s1. The lowest BCUT2D eigenvalue weighted by molar-refractivity contribution is -0.141. The van der Waals surface area contributed by atoms with Gasteiger partial charge in [-0.05, 0) is 31.9 Å². The SMILES string of the molecule is C[C@H](NC(=O)[C@H](C)NC(=O)[C@](C)(Cc1ccccc1)NC(=O)OCc1ccccc1)C(=O)O. The number of hydrogen-bond donors (Lipinski definition) is 4. The molecule has 0 aromatic heterocycles. The molecule has 3 amide bonds. The lowest BCUT2D eigenvalue weighted by Crippen LogP contribution is -2.61. The molecule has 0 unspecified atom stereocenters. The molecule has 0 saturated heterocycles. The Morgan fingerprint density at radius 3 is 1.97 bits per heavy atom. The summed E-state index contributed by atoms with van der Waals surface area (Å²) in [5.41, 5.74) is 0.136. The van der Waals surface area contributed by atoms with Crippen LogP contribution in [0.3, 0.4) is 0 Å². The quantitative estimate of drug-likeness (QED) is 0.433. The molecule has 0 bridgehead atoms. The maximum absolute atomic E-state index is 13.1. The van der Waals surface area contributed by atoms with Gasteiger partial charge in [0.2, 0.25) is 11.8 Å². The number of carboxylic acids is 1. The predicted molar refractivity (Wildman–Crippen MR) is 121 cm³/mol. The monoisotopic (exact) mass is 455 g/mol. The van der Waals surface area contributed by atoms with E-state index >= 15 is 0 Å². The van der Waals surface area contributed by atoms with Gasteiger partial charge in [-0.3, -0.25) is 14.4 Å². The highest BCUT2D eigenvalue weighted by atomic mass is 16.5. The zero-order valence-electron chi connectivity index (χ0n) is 18.8. The van der Waals surface area contributed by atoms with Crippen LogP contribution in [0.5, 0.6) is 0 Å². The second kappa shape index (κ2) is 11.7. The molecule has 2 aromatic carbocycles. The first-order valence-electron chi connectivity index (χ1n) is 10.5. The van der Waals surface area contributed by atoms with Crippen molar-refractivity contribution in [1.82, 2.24) is 16.0 Å². The van der Waals surface area contributed by atoms with E-state index in [2.05, 4.69) is 16.0 Å². The van der Waals surface area contributed by atoms with Crippen molar-refractivity contribution in [2.75, 3.05) is 0 Å². The largest absolute Gasteiger partial charge is 0.480 e. The van der Waals surface area contributed by atoms with Crippen LogP contribution in [0.4, 0.5) is 4.79 Å². The summed E-state index contributed by atoms with van der Waals surface area (Å²) in [4.78, 5) is 48.9. The Morgan fingerprint density at radius 1 is 0.879 bits per heavy atom. The molecule has 2 rings (SSSR count). The molecule has 0 radical (unpaired) electrons. The summed E-state index contributed by atoms with van der Waals surface area (Å²) in [5, 5.41) is 16.4. The van der Waals surface area contributed by atoms with Gasteiger partial charge < -0.3 is 25.8 Å². The Morgan fingerprint density at radius 2 is 1.42 bits per heavy atom. The van der Waals surface area contributed by atoms with Gasteiger partial charge in [0.15, 0.2) is 0 Å². The Kier molecular flexibility index (Phi) is 8.97. The Bertz CT molecular complexity index is 967. The zero-order valence-corrected chi connectivity index (χ0v) is 18.8. The second-order valence-corrected chi connectivity index (χ2v) is 7.94. The lowest BCUT2D eigenvalue weighted by atomic mass is 9.91. The first kappa shape index (κ1) is 25.4. The number of alkyl carbamates (subject to hydrolysis) is 1. The van der Waals surface area contributed by atoms with Gasteiger partial charge in [-0.1, -0.05) is 60.7 Å². The van der Waals surface area contributed by atoms with Gasteiger partial charge in [0.1, 0.15) is 24.2 Å². The number of amides is 3. The van der Waals surface area contributed by atoms with E-state index in [1.165, 1.54) is 20.8 Å². The van der Waals surface area contributed by atoms with E-state index in [-0.39, 0.29) is 13.0 Å². The number of carbonyl (C=O) groups is 4. The molecular formula is C24H29N3O6. The minimum atomic E-state index is -1.44. The van der Waals surface area contributed by atoms with Crippen LogP contribution in [0.2, 0.25) is 0 Å². The van der Waals surface area contributed by atoms with Gasteiger partial charge in [0, 0.05) is 6.42 Å². The molecule has 3 atom stereocenters. The number of carboxylic acid groups (broad SMARTS) is 1. The third-order valence-electron chi connectivity index (χ3n) is 4.96. The van der Waals surface area contributed by atoms with Gasteiger partial charge in [0.05, 0.1) is 0 Å². The third kappa shape index (κ3) is 7.95. The minimum Gasteiger partial charge on any atom is -0.480 e. The van der Waals surface area contributed by atoms with Crippen molar-refractivity contribution < 1.29 is 29.0 Å². The molecule has 0 saturated carbocycles. The maximum atomic E-state index is 13.1. The number of rotatable bonds is 10. The molecule has 4 N–H and O–H groups in total. The molecule has 0 aliphatic carbocycles. The summed E-state index contributed by atoms with van der Waals surface area (Å²) in [5.74, 6) is -2.47. The fourth-order valence-corrected chi connectivity index (χ4v) is 2.99. The van der Waals surface area contributed by atoms with E-state index < -0.39 is 41.5 Å². The first-order chi connectivity index (χ1) is 15.6. The molecule has 2 aromatic rings. The fourth-order valence-electron chi connectivity index (χ4n) is 2.99. The number of nitrogens with one attached hydrogen (secondary N) is 3. The van der Waals surface area contributed by atoms with E-state index in [0.29, 0.717) is 0 Å². The van der Waals surface area contributed by atoms with Crippen LogP contribution in [0.15, 0.2) is 60.7 Å². The Hall–Kier alpha value is -3.88. The van der Waals surface area contributed by atoms with Crippen LogP contribution < -0.4 is 16.0 Å². The first-order valence-corrected chi connectivity index (χ1v) is 10.5. The van der Waals surface area contributed by atoms with E-state index in [9.17, 15) is 19.2 Å². The summed E-state index contributed by atoms with van der Waals surface area (Å²) >= 11 is 0. The van der Waals surface area contributed by atoms with Crippen molar-refractivity contribution in [3.63, 3.8) is 0 Å². The van der Waals surface area contributed by atoms with Crippen LogP contribution in [0.1, 0.15) is 31.9 Å². The highest BCUT2D eigenvalue weighted by molar-refractivity contribution is 5.94. The smallest absolute Gasteiger partial charge is 0.408 e. The van der Waals surface area contributed by atoms with E-state index in [1.54, 1.807) is 0 Å². The van der Waals surface area contributed by atoms with Gasteiger partial charge >= 0.3 is 12.1 Å². The lowest BCUT2D eigenvalue weighted by Gasteiger charge is -2.30. The normalized spacial score (nSPS) is 14.2. The molecule has 9 nitrogen and oxygen atoms in total. The van der Waals surface area contributed by atoms with Crippen molar-refractivity contribution >= 4 is 23.9 Å². The van der Waals surface area contributed by atoms with E-state index in [4.69, 9.17) is 9.84 Å². The van der Waals surface area contributed by atoms with Crippen molar-refractivity contribution in [3.8, 4) is 0 Å². The highest BCUT2D eigenvalue weighted by Crippen LogP contribution is 2.15. The third-order valence-corrected chi connectivity index (χ3v) is 4.96. The molecule has 0 aliphatic rings. The topological polar surface area (TPSA) is 134 Å². The number of aliphatic carboxylic acids is 1. The second-order valence-electron chi connectivity index (χ2n) is 7.94. The molecule has 9 heteroatoms. The maximum Gasteiger partial charge on any atom is 0.408 e. The molecule has 0 aliphatic heterocycles. The van der Waals surface area contributed by atoms with Crippen LogP contribution in [0, 0.1) is 0 Å². The van der Waals surface area contributed by atoms with Gasteiger partial charge in [-0.2, -0.15) is 0 Å². The van der Waals surface area contributed by atoms with Crippen LogP contribution in [-0.2, 0) is 32.1 Å². The molecule has 33 heavy (non-hydrogen) atoms. The Balaban J connectivity index is 2.10. The minimum absolute atomic E-state index is 0.0294. The molecule has 0 heterocycles. The van der Waals surface area contributed by atoms with Crippen LogP contribution >= 0.6 is 0 Å². The van der Waals surface area contributed by atoms with Crippen molar-refractivity contribution in [2.45, 2.75) is 51.4 Å². The van der Waals surface area contributed by atoms with Gasteiger partial charge in [-0.25, -0.2) is 4.79 Å². The molecule has 0 spiro atoms. The number of ether oxygens (including phenoxy) is 1. The average Bonchev–Trinajstić information content (AvgIpc) is 2.78. The number of carbonyl (C=O) groups excluding carboxylic acids is 3. The summed E-state index contributed by atoms with van der Waals surface area (Å²) in [6, 6.07) is 16.0. The number of hydrogen-bond acceptors (Lipinski definition) is 5. The van der Waals surface area contributed by atoms with E-state index in [0.717, 1.165) is 11.1 Å². The fraction of sp³-hybridized carbons (Fsp3) is 0.333. The van der Waals surface area contributed by atoms with Gasteiger partial charge in [-0.15, -0.1) is 0 Å².